The third-order valence-electron chi connectivity index (χ3n) is 2.07. The van der Waals surface area contributed by atoms with E-state index in [4.69, 9.17) is 14.2 Å². The fourth-order valence-electron chi connectivity index (χ4n) is 1.38. The van der Waals surface area contributed by atoms with Gasteiger partial charge in [0.1, 0.15) is 12.4 Å². The van der Waals surface area contributed by atoms with Gasteiger partial charge < -0.3 is 14.2 Å². The molecule has 0 spiro atoms. The van der Waals surface area contributed by atoms with Crippen LogP contribution in [0.25, 0.3) is 0 Å². The molecule has 0 aliphatic carbocycles. The van der Waals surface area contributed by atoms with Gasteiger partial charge in [-0.3, -0.25) is 0 Å². The lowest BCUT2D eigenvalue weighted by molar-refractivity contribution is 0.0716. The van der Waals surface area contributed by atoms with Crippen molar-refractivity contribution >= 4 is 0 Å². The van der Waals surface area contributed by atoms with Crippen molar-refractivity contribution in [2.45, 2.75) is 6.10 Å². The third kappa shape index (κ3) is 2.99. The monoisotopic (exact) mass is 208 g/mol. The van der Waals surface area contributed by atoms with Gasteiger partial charge in [-0.25, -0.2) is 0 Å². The van der Waals surface area contributed by atoms with Crippen LogP contribution in [0.4, 0.5) is 0 Å². The van der Waals surface area contributed by atoms with Crippen LogP contribution in [-0.2, 0) is 14.2 Å². The maximum atomic E-state index is 5.37. The molecule has 3 nitrogen and oxygen atoms in total. The van der Waals surface area contributed by atoms with Gasteiger partial charge >= 0.3 is 0 Å². The molecule has 3 heteroatoms. The van der Waals surface area contributed by atoms with Crippen molar-refractivity contribution in [3.8, 4) is 0 Å². The number of hydrogen-bond acceptors (Lipinski definition) is 3. The topological polar surface area (TPSA) is 27.7 Å². The Morgan fingerprint density at radius 1 is 1.13 bits per heavy atom. The van der Waals surface area contributed by atoms with E-state index in [2.05, 4.69) is 0 Å². The summed E-state index contributed by atoms with van der Waals surface area (Å²) in [6.45, 7) is 0. The van der Waals surface area contributed by atoms with E-state index >= 15 is 0 Å². The van der Waals surface area contributed by atoms with E-state index in [0.717, 1.165) is 5.56 Å². The molecule has 0 fully saturated rings. The van der Waals surface area contributed by atoms with E-state index in [9.17, 15) is 0 Å². The van der Waals surface area contributed by atoms with Gasteiger partial charge in [0.25, 0.3) is 0 Å². The molecule has 0 heterocycles. The molecule has 0 saturated heterocycles. The van der Waals surface area contributed by atoms with Crippen LogP contribution in [0.1, 0.15) is 11.7 Å². The summed E-state index contributed by atoms with van der Waals surface area (Å²) < 4.78 is 15.5. The predicted octanol–water partition coefficient (Wildman–Crippen LogP) is 2.51. The summed E-state index contributed by atoms with van der Waals surface area (Å²) in [6, 6.07) is 9.85. The van der Waals surface area contributed by atoms with Crippen molar-refractivity contribution in [1.82, 2.24) is 0 Å². The molecule has 0 saturated carbocycles. The Kier molecular flexibility index (Phi) is 4.71. The average molecular weight is 208 g/mol. The van der Waals surface area contributed by atoms with Crippen LogP contribution in [0.5, 0.6) is 0 Å². The van der Waals surface area contributed by atoms with Crippen LogP contribution >= 0.6 is 0 Å². The van der Waals surface area contributed by atoms with Crippen molar-refractivity contribution in [3.63, 3.8) is 0 Å². The van der Waals surface area contributed by atoms with Crippen molar-refractivity contribution in [2.24, 2.45) is 0 Å². The van der Waals surface area contributed by atoms with Gasteiger partial charge in [-0.05, 0) is 5.56 Å². The Bertz CT molecular complexity index is 306. The Hall–Kier alpha value is -1.48. The summed E-state index contributed by atoms with van der Waals surface area (Å²) in [5, 5.41) is 0. The van der Waals surface area contributed by atoms with E-state index < -0.39 is 0 Å². The number of methoxy groups -OCH3 is 3. The minimum Gasteiger partial charge on any atom is -0.501 e. The molecular weight excluding hydrogens is 192 g/mol. The molecular formula is C12H16O3. The minimum atomic E-state index is -0.226. The van der Waals surface area contributed by atoms with Crippen molar-refractivity contribution < 1.29 is 14.2 Å². The lowest BCUT2D eigenvalue weighted by Crippen LogP contribution is -2.07. The van der Waals surface area contributed by atoms with Gasteiger partial charge in [0, 0.05) is 7.11 Å². The second kappa shape index (κ2) is 6.09. The van der Waals surface area contributed by atoms with E-state index in [1.165, 1.54) is 0 Å². The maximum Gasteiger partial charge on any atom is 0.163 e. The van der Waals surface area contributed by atoms with Crippen LogP contribution in [0.2, 0.25) is 0 Å². The highest BCUT2D eigenvalue weighted by Crippen LogP contribution is 2.25. The molecule has 1 unspecified atom stereocenters. The van der Waals surface area contributed by atoms with Crippen molar-refractivity contribution in [2.75, 3.05) is 21.3 Å². The molecule has 1 rings (SSSR count). The molecule has 15 heavy (non-hydrogen) atoms. The highest BCUT2D eigenvalue weighted by atomic mass is 16.5. The minimum absolute atomic E-state index is 0.226. The van der Waals surface area contributed by atoms with E-state index in [0.29, 0.717) is 5.76 Å². The lowest BCUT2D eigenvalue weighted by atomic mass is 10.1. The summed E-state index contributed by atoms with van der Waals surface area (Å²) in [5.74, 6) is 0.645. The van der Waals surface area contributed by atoms with Gasteiger partial charge in [-0.2, -0.15) is 0 Å². The predicted molar refractivity (Wildman–Crippen MR) is 58.3 cm³/mol. The Labute approximate surface area is 90.3 Å². The first-order valence-electron chi connectivity index (χ1n) is 4.68. The zero-order valence-electron chi connectivity index (χ0n) is 9.27. The second-order valence-electron chi connectivity index (χ2n) is 2.99. The van der Waals surface area contributed by atoms with Crippen LogP contribution in [0.3, 0.4) is 0 Å². The first-order chi connectivity index (χ1) is 7.33. The highest BCUT2D eigenvalue weighted by Gasteiger charge is 2.16. The second-order valence-corrected chi connectivity index (χ2v) is 2.99. The van der Waals surface area contributed by atoms with Crippen molar-refractivity contribution in [3.05, 3.63) is 47.9 Å². The van der Waals surface area contributed by atoms with E-state index in [1.54, 1.807) is 27.6 Å². The highest BCUT2D eigenvalue weighted by molar-refractivity contribution is 5.23. The van der Waals surface area contributed by atoms with Gasteiger partial charge in [0.05, 0.1) is 14.2 Å². The molecule has 0 aromatic heterocycles. The summed E-state index contributed by atoms with van der Waals surface area (Å²) in [7, 11) is 4.82. The van der Waals surface area contributed by atoms with Crippen molar-refractivity contribution in [1.29, 1.82) is 0 Å². The molecule has 1 aromatic rings. The number of ether oxygens (including phenoxy) is 3. The fourth-order valence-corrected chi connectivity index (χ4v) is 1.38. The molecule has 0 bridgehead atoms. The molecule has 0 amide bonds. The van der Waals surface area contributed by atoms with Gasteiger partial charge in [0.2, 0.25) is 0 Å². The first kappa shape index (κ1) is 11.6. The zero-order chi connectivity index (χ0) is 11.1. The third-order valence-corrected chi connectivity index (χ3v) is 2.07. The smallest absolute Gasteiger partial charge is 0.163 e. The normalized spacial score (nSPS) is 13.4. The molecule has 1 atom stereocenters. The summed E-state index contributed by atoms with van der Waals surface area (Å²) in [4.78, 5) is 0. The number of hydrogen-bond donors (Lipinski definition) is 0. The number of benzene rings is 1. The lowest BCUT2D eigenvalue weighted by Gasteiger charge is -2.17. The Morgan fingerprint density at radius 2 is 1.80 bits per heavy atom. The number of rotatable bonds is 5. The van der Waals surface area contributed by atoms with Gasteiger partial charge in [0.15, 0.2) is 5.76 Å². The molecule has 82 valence electrons. The molecule has 1 aromatic carbocycles. The summed E-state index contributed by atoms with van der Waals surface area (Å²) in [6.07, 6.45) is 1.32. The largest absolute Gasteiger partial charge is 0.501 e. The van der Waals surface area contributed by atoms with Crippen LogP contribution in [-0.4, -0.2) is 21.3 Å². The molecule has 0 N–H and O–H groups in total. The van der Waals surface area contributed by atoms with E-state index in [1.807, 2.05) is 30.3 Å². The Balaban J connectivity index is 2.93. The summed E-state index contributed by atoms with van der Waals surface area (Å²) in [5.41, 5.74) is 1.03. The van der Waals surface area contributed by atoms with Crippen LogP contribution in [0.15, 0.2) is 42.4 Å². The van der Waals surface area contributed by atoms with Gasteiger partial charge in [-0.15, -0.1) is 0 Å². The van der Waals surface area contributed by atoms with Crippen LogP contribution in [0, 0.1) is 0 Å². The standard InChI is InChI=1S/C12H16O3/c1-13-9-11(14-2)12(15-3)10-7-5-4-6-8-10/h4-9,12H,1-3H3. The maximum absolute atomic E-state index is 5.37. The Morgan fingerprint density at radius 3 is 2.27 bits per heavy atom. The SMILES string of the molecule is COC=C(OC)C(OC)c1ccccc1. The van der Waals surface area contributed by atoms with Crippen LogP contribution < -0.4 is 0 Å². The average Bonchev–Trinajstić information content (AvgIpc) is 2.30. The fraction of sp³-hybridized carbons (Fsp3) is 0.333. The first-order valence-corrected chi connectivity index (χ1v) is 4.68. The van der Waals surface area contributed by atoms with Gasteiger partial charge in [-0.1, -0.05) is 30.3 Å². The molecule has 0 aliphatic heterocycles. The zero-order valence-corrected chi connectivity index (χ0v) is 9.27. The summed E-state index contributed by atoms with van der Waals surface area (Å²) >= 11 is 0. The van der Waals surface area contributed by atoms with E-state index in [-0.39, 0.29) is 6.10 Å². The molecule has 0 radical (unpaired) electrons. The quantitative estimate of drug-likeness (QED) is 0.696. The molecule has 0 aliphatic rings.